The molecule has 0 saturated carbocycles. The standard InChI is InChI=1S/C26H25N5O3S/c1-15-8-19(35-20-9-16(12-28-13-20)26(33)31(2)3)11-21-23(15)29-14-22(25(27)32)24(21)30-17-6-5-7-18(10-17)34-4/h5-14H,1-4H3,(H2,27,32)(H,29,30). The van der Waals surface area contributed by atoms with Gasteiger partial charge in [-0.1, -0.05) is 17.8 Å². The molecule has 2 amide bonds. The molecule has 178 valence electrons. The molecule has 0 atom stereocenters. The number of carbonyl (C=O) groups excluding carboxylic acids is 2. The Kier molecular flexibility index (Phi) is 6.88. The highest BCUT2D eigenvalue weighted by molar-refractivity contribution is 7.99. The molecule has 0 fully saturated rings. The molecule has 4 rings (SSSR count). The number of hydrogen-bond donors (Lipinski definition) is 2. The van der Waals surface area contributed by atoms with E-state index in [9.17, 15) is 9.59 Å². The normalized spacial score (nSPS) is 10.7. The second-order valence-electron chi connectivity index (χ2n) is 8.12. The van der Waals surface area contributed by atoms with Crippen LogP contribution in [0.15, 0.2) is 70.8 Å². The second-order valence-corrected chi connectivity index (χ2v) is 9.26. The van der Waals surface area contributed by atoms with Crippen molar-refractivity contribution < 1.29 is 14.3 Å². The molecule has 0 saturated heterocycles. The van der Waals surface area contributed by atoms with E-state index in [2.05, 4.69) is 15.3 Å². The summed E-state index contributed by atoms with van der Waals surface area (Å²) in [6, 6.07) is 13.2. The van der Waals surface area contributed by atoms with Crippen LogP contribution >= 0.6 is 11.8 Å². The number of rotatable bonds is 7. The average molecular weight is 488 g/mol. The number of amides is 2. The van der Waals surface area contributed by atoms with Crippen LogP contribution in [-0.4, -0.2) is 47.9 Å². The maximum Gasteiger partial charge on any atom is 0.254 e. The topological polar surface area (TPSA) is 110 Å². The Hall–Kier alpha value is -4.11. The van der Waals surface area contributed by atoms with Crippen molar-refractivity contribution in [2.45, 2.75) is 16.7 Å². The lowest BCUT2D eigenvalue weighted by molar-refractivity contribution is 0.0826. The third-order valence-corrected chi connectivity index (χ3v) is 6.27. The molecule has 2 heterocycles. The van der Waals surface area contributed by atoms with E-state index in [1.54, 1.807) is 33.6 Å². The minimum Gasteiger partial charge on any atom is -0.497 e. The Morgan fingerprint density at radius 1 is 1.06 bits per heavy atom. The van der Waals surface area contributed by atoms with Gasteiger partial charge < -0.3 is 20.7 Å². The van der Waals surface area contributed by atoms with Gasteiger partial charge in [-0.15, -0.1) is 0 Å². The Balaban J connectivity index is 1.80. The summed E-state index contributed by atoms with van der Waals surface area (Å²) in [5.74, 6) is -0.0182. The van der Waals surface area contributed by atoms with Crippen LogP contribution in [0, 0.1) is 6.92 Å². The molecule has 35 heavy (non-hydrogen) atoms. The largest absolute Gasteiger partial charge is 0.497 e. The maximum atomic E-state index is 12.4. The van der Waals surface area contributed by atoms with Gasteiger partial charge in [0.1, 0.15) is 5.75 Å². The van der Waals surface area contributed by atoms with Crippen LogP contribution in [0.3, 0.4) is 0 Å². The van der Waals surface area contributed by atoms with Crippen LogP contribution in [-0.2, 0) is 0 Å². The zero-order valence-electron chi connectivity index (χ0n) is 19.8. The van der Waals surface area contributed by atoms with Crippen molar-refractivity contribution in [1.29, 1.82) is 0 Å². The van der Waals surface area contributed by atoms with Gasteiger partial charge in [0, 0.05) is 59.6 Å². The highest BCUT2D eigenvalue weighted by Gasteiger charge is 2.17. The Morgan fingerprint density at radius 2 is 1.86 bits per heavy atom. The fourth-order valence-corrected chi connectivity index (χ4v) is 4.64. The van der Waals surface area contributed by atoms with E-state index in [1.807, 2.05) is 49.4 Å². The quantitative estimate of drug-likeness (QED) is 0.391. The number of fused-ring (bicyclic) bond motifs is 1. The van der Waals surface area contributed by atoms with Gasteiger partial charge in [-0.05, 0) is 42.8 Å². The maximum absolute atomic E-state index is 12.4. The van der Waals surface area contributed by atoms with Crippen molar-refractivity contribution in [3.05, 3.63) is 77.7 Å². The van der Waals surface area contributed by atoms with Gasteiger partial charge in [0.2, 0.25) is 0 Å². The molecule has 0 aliphatic heterocycles. The summed E-state index contributed by atoms with van der Waals surface area (Å²) in [5.41, 5.74) is 9.47. The van der Waals surface area contributed by atoms with Crippen molar-refractivity contribution in [2.75, 3.05) is 26.5 Å². The number of benzene rings is 2. The molecule has 4 aromatic rings. The minimum atomic E-state index is -0.584. The average Bonchev–Trinajstić information content (AvgIpc) is 2.84. The van der Waals surface area contributed by atoms with Gasteiger partial charge in [0.15, 0.2) is 0 Å². The Morgan fingerprint density at radius 3 is 2.57 bits per heavy atom. The van der Waals surface area contributed by atoms with Crippen LogP contribution in [0.2, 0.25) is 0 Å². The van der Waals surface area contributed by atoms with E-state index in [1.165, 1.54) is 22.9 Å². The lowest BCUT2D eigenvalue weighted by Crippen LogP contribution is -2.21. The highest BCUT2D eigenvalue weighted by atomic mass is 32.2. The van der Waals surface area contributed by atoms with Gasteiger partial charge in [-0.3, -0.25) is 19.6 Å². The number of nitrogens with two attached hydrogens (primary N) is 1. The number of hydrogen-bond acceptors (Lipinski definition) is 7. The molecule has 2 aromatic carbocycles. The molecule has 0 aliphatic rings. The molecule has 8 nitrogen and oxygen atoms in total. The highest BCUT2D eigenvalue weighted by Crippen LogP contribution is 2.37. The number of pyridine rings is 2. The van der Waals surface area contributed by atoms with E-state index in [-0.39, 0.29) is 11.5 Å². The predicted octanol–water partition coefficient (Wildman–Crippen LogP) is 4.64. The summed E-state index contributed by atoms with van der Waals surface area (Å²) in [6.07, 6.45) is 4.76. The zero-order chi connectivity index (χ0) is 25.1. The summed E-state index contributed by atoms with van der Waals surface area (Å²) < 4.78 is 5.32. The fraction of sp³-hybridized carbons (Fsp3) is 0.154. The summed E-state index contributed by atoms with van der Waals surface area (Å²) in [4.78, 5) is 36.6. The van der Waals surface area contributed by atoms with Gasteiger partial charge in [-0.2, -0.15) is 0 Å². The first kappa shape index (κ1) is 24.0. The monoisotopic (exact) mass is 487 g/mol. The van der Waals surface area contributed by atoms with Crippen molar-refractivity contribution in [2.24, 2.45) is 5.73 Å². The number of methoxy groups -OCH3 is 1. The second kappa shape index (κ2) is 10.0. The summed E-state index contributed by atoms with van der Waals surface area (Å²) in [7, 11) is 5.00. The number of aryl methyl sites for hydroxylation is 1. The fourth-order valence-electron chi connectivity index (χ4n) is 3.66. The van der Waals surface area contributed by atoms with E-state index < -0.39 is 5.91 Å². The molecule has 0 spiro atoms. The van der Waals surface area contributed by atoms with Crippen LogP contribution < -0.4 is 15.8 Å². The summed E-state index contributed by atoms with van der Waals surface area (Å²) in [5, 5.41) is 4.08. The Bertz CT molecular complexity index is 1440. The van der Waals surface area contributed by atoms with E-state index in [0.29, 0.717) is 17.0 Å². The molecule has 9 heteroatoms. The number of ether oxygens (including phenoxy) is 1. The first-order valence-corrected chi connectivity index (χ1v) is 11.6. The van der Waals surface area contributed by atoms with Crippen LogP contribution in [0.5, 0.6) is 5.75 Å². The lowest BCUT2D eigenvalue weighted by Gasteiger charge is -2.16. The molecular weight excluding hydrogens is 462 g/mol. The molecular formula is C26H25N5O3S. The summed E-state index contributed by atoms with van der Waals surface area (Å²) >= 11 is 1.47. The number of aromatic nitrogens is 2. The molecule has 2 aromatic heterocycles. The van der Waals surface area contributed by atoms with Gasteiger partial charge in [0.25, 0.3) is 11.8 Å². The first-order valence-electron chi connectivity index (χ1n) is 10.8. The molecule has 0 unspecified atom stereocenters. The first-order chi connectivity index (χ1) is 16.8. The molecule has 3 N–H and O–H groups in total. The smallest absolute Gasteiger partial charge is 0.254 e. The SMILES string of the molecule is COc1cccc(Nc2c(C(N)=O)cnc3c(C)cc(Sc4cncc(C(=O)N(C)C)c4)cc23)c1. The number of nitrogens with one attached hydrogen (secondary N) is 1. The summed E-state index contributed by atoms with van der Waals surface area (Å²) in [6.45, 7) is 1.96. The van der Waals surface area contributed by atoms with E-state index in [0.717, 1.165) is 31.9 Å². The van der Waals surface area contributed by atoms with E-state index >= 15 is 0 Å². The van der Waals surface area contributed by atoms with Gasteiger partial charge >= 0.3 is 0 Å². The molecule has 0 aliphatic carbocycles. The number of nitrogens with zero attached hydrogens (tertiary/aromatic N) is 3. The van der Waals surface area contributed by atoms with Crippen LogP contribution in [0.1, 0.15) is 26.3 Å². The predicted molar refractivity (Wildman–Crippen MR) is 138 cm³/mol. The van der Waals surface area contributed by atoms with Gasteiger partial charge in [0.05, 0.1) is 29.4 Å². The van der Waals surface area contributed by atoms with Crippen molar-refractivity contribution in [3.63, 3.8) is 0 Å². The number of anilines is 2. The lowest BCUT2D eigenvalue weighted by atomic mass is 10.1. The van der Waals surface area contributed by atoms with Crippen LogP contribution in [0.25, 0.3) is 10.9 Å². The minimum absolute atomic E-state index is 0.116. The van der Waals surface area contributed by atoms with Crippen molar-refractivity contribution in [3.8, 4) is 5.75 Å². The third-order valence-electron chi connectivity index (χ3n) is 5.34. The van der Waals surface area contributed by atoms with Crippen molar-refractivity contribution in [1.82, 2.24) is 14.9 Å². The number of primary amides is 1. The number of carbonyl (C=O) groups is 2. The molecule has 0 radical (unpaired) electrons. The zero-order valence-corrected chi connectivity index (χ0v) is 20.6. The van der Waals surface area contributed by atoms with Crippen LogP contribution in [0.4, 0.5) is 11.4 Å². The molecule has 0 bridgehead atoms. The van der Waals surface area contributed by atoms with E-state index in [4.69, 9.17) is 10.5 Å². The van der Waals surface area contributed by atoms with Gasteiger partial charge in [-0.25, -0.2) is 0 Å². The third kappa shape index (κ3) is 5.20. The van der Waals surface area contributed by atoms with Crippen molar-refractivity contribution >= 4 is 45.9 Å². The Labute approximate surface area is 207 Å².